The Balaban J connectivity index is 1.75. The summed E-state index contributed by atoms with van der Waals surface area (Å²) < 4.78 is 0. The first-order valence-corrected chi connectivity index (χ1v) is 11.7. The standard InChI is InChI=1S/C28H28N8/c1-5-19-35-25-15-8-13-23(30-25)33(3)21-11-7-12-22(29-21)34(4)24-14-9-16-26(31-24)36(20-6-2)28-18-10-17-27(35)32-28/h5-18H,1-2,19-20H2,3-4H3. The summed E-state index contributed by atoms with van der Waals surface area (Å²) >= 11 is 0. The molecule has 8 nitrogen and oxygen atoms in total. The number of anilines is 8. The molecule has 0 spiro atoms. The van der Waals surface area contributed by atoms with Gasteiger partial charge in [0, 0.05) is 27.2 Å². The maximum absolute atomic E-state index is 5.01. The third kappa shape index (κ3) is 4.36. The van der Waals surface area contributed by atoms with Crippen molar-refractivity contribution in [1.82, 2.24) is 19.9 Å². The van der Waals surface area contributed by atoms with Crippen molar-refractivity contribution in [2.24, 2.45) is 0 Å². The number of aromatic nitrogens is 4. The monoisotopic (exact) mass is 476 g/mol. The van der Waals surface area contributed by atoms with Crippen LogP contribution >= 0.6 is 0 Å². The van der Waals surface area contributed by atoms with Gasteiger partial charge in [0.05, 0.1) is 0 Å². The minimum Gasteiger partial charge on any atom is -0.314 e. The Hall–Kier alpha value is -4.72. The van der Waals surface area contributed by atoms with Gasteiger partial charge in [-0.05, 0) is 48.5 Å². The van der Waals surface area contributed by atoms with Crippen molar-refractivity contribution in [3.63, 3.8) is 0 Å². The highest BCUT2D eigenvalue weighted by atomic mass is 15.3. The van der Waals surface area contributed by atoms with Gasteiger partial charge in [0.15, 0.2) is 0 Å². The largest absolute Gasteiger partial charge is 0.314 e. The van der Waals surface area contributed by atoms with Crippen LogP contribution in [0.3, 0.4) is 0 Å². The normalized spacial score (nSPS) is 12.9. The Labute approximate surface area is 211 Å². The van der Waals surface area contributed by atoms with Gasteiger partial charge < -0.3 is 19.6 Å². The molecule has 4 aromatic heterocycles. The zero-order chi connectivity index (χ0) is 25.1. The Morgan fingerprint density at radius 2 is 0.750 bits per heavy atom. The van der Waals surface area contributed by atoms with Crippen molar-refractivity contribution in [2.75, 3.05) is 46.8 Å². The van der Waals surface area contributed by atoms with E-state index in [0.29, 0.717) is 13.1 Å². The minimum absolute atomic E-state index is 0.546. The maximum Gasteiger partial charge on any atom is 0.136 e. The molecule has 0 unspecified atom stereocenters. The third-order valence-corrected chi connectivity index (χ3v) is 5.98. The summed E-state index contributed by atoms with van der Waals surface area (Å²) in [5, 5.41) is 0. The van der Waals surface area contributed by atoms with Crippen molar-refractivity contribution in [3.05, 3.63) is 98.1 Å². The van der Waals surface area contributed by atoms with Gasteiger partial charge in [-0.2, -0.15) is 0 Å². The van der Waals surface area contributed by atoms with E-state index in [9.17, 15) is 0 Å². The van der Waals surface area contributed by atoms with E-state index in [2.05, 4.69) is 13.2 Å². The van der Waals surface area contributed by atoms with Crippen LogP contribution < -0.4 is 19.6 Å². The molecule has 0 saturated carbocycles. The predicted octanol–water partition coefficient (Wildman–Crippen LogP) is 5.76. The number of hydrogen-bond acceptors (Lipinski definition) is 8. The molecule has 180 valence electrons. The van der Waals surface area contributed by atoms with Gasteiger partial charge in [-0.15, -0.1) is 13.2 Å². The number of pyridine rings is 4. The fourth-order valence-electron chi connectivity index (χ4n) is 4.10. The van der Waals surface area contributed by atoms with Gasteiger partial charge in [-0.3, -0.25) is 0 Å². The van der Waals surface area contributed by atoms with E-state index in [0.717, 1.165) is 46.5 Å². The lowest BCUT2D eigenvalue weighted by molar-refractivity contribution is 0.958. The molecule has 0 aliphatic carbocycles. The lowest BCUT2D eigenvalue weighted by Crippen LogP contribution is -2.24. The summed E-state index contributed by atoms with van der Waals surface area (Å²) in [5.41, 5.74) is 0. The lowest BCUT2D eigenvalue weighted by Gasteiger charge is -2.28. The molecule has 0 fully saturated rings. The maximum atomic E-state index is 5.01. The molecule has 36 heavy (non-hydrogen) atoms. The van der Waals surface area contributed by atoms with Crippen LogP contribution in [0, 0.1) is 0 Å². The highest BCUT2D eigenvalue weighted by Gasteiger charge is 2.19. The van der Waals surface area contributed by atoms with Gasteiger partial charge >= 0.3 is 0 Å². The molecule has 0 atom stereocenters. The highest BCUT2D eigenvalue weighted by molar-refractivity contribution is 5.68. The van der Waals surface area contributed by atoms with E-state index in [1.807, 2.05) is 119 Å². The fraction of sp³-hybridized carbons (Fsp3) is 0.143. The second-order valence-corrected chi connectivity index (χ2v) is 8.33. The summed E-state index contributed by atoms with van der Waals surface area (Å²) in [7, 11) is 3.92. The molecule has 1 aliphatic rings. The van der Waals surface area contributed by atoms with E-state index >= 15 is 0 Å². The molecule has 5 heterocycles. The predicted molar refractivity (Wildman–Crippen MR) is 147 cm³/mol. The van der Waals surface area contributed by atoms with Crippen LogP contribution in [0.15, 0.2) is 98.1 Å². The SMILES string of the molecule is C=CCN1c2cccc(n2)N(C)c2cccc(n2)N(C)c2cccc(n2)N(CC=C)c2cccc1n2. The first-order chi connectivity index (χ1) is 17.6. The number of rotatable bonds is 4. The van der Waals surface area contributed by atoms with Crippen LogP contribution in [-0.2, 0) is 0 Å². The summed E-state index contributed by atoms with van der Waals surface area (Å²) in [6, 6.07) is 23.7. The van der Waals surface area contributed by atoms with Crippen LogP contribution in [0.4, 0.5) is 46.5 Å². The molecule has 0 radical (unpaired) electrons. The quantitative estimate of drug-likeness (QED) is 0.344. The third-order valence-electron chi connectivity index (χ3n) is 5.98. The summed E-state index contributed by atoms with van der Waals surface area (Å²) in [4.78, 5) is 27.8. The van der Waals surface area contributed by atoms with Gasteiger partial charge in [0.2, 0.25) is 0 Å². The topological polar surface area (TPSA) is 64.5 Å². The van der Waals surface area contributed by atoms with E-state index in [1.165, 1.54) is 0 Å². The van der Waals surface area contributed by atoms with Gasteiger partial charge in [-0.1, -0.05) is 36.4 Å². The first-order valence-electron chi connectivity index (χ1n) is 11.7. The summed E-state index contributed by atoms with van der Waals surface area (Å²) in [5.74, 6) is 6.13. The Kier molecular flexibility index (Phi) is 6.32. The Morgan fingerprint density at radius 1 is 0.500 bits per heavy atom. The van der Waals surface area contributed by atoms with Crippen LogP contribution in [0.1, 0.15) is 0 Å². The van der Waals surface area contributed by atoms with Gasteiger partial charge in [0.25, 0.3) is 0 Å². The Morgan fingerprint density at radius 3 is 1.06 bits per heavy atom. The smallest absolute Gasteiger partial charge is 0.136 e. The summed E-state index contributed by atoms with van der Waals surface area (Å²) in [6.45, 7) is 9.01. The summed E-state index contributed by atoms with van der Waals surface area (Å²) in [6.07, 6.45) is 3.69. The Bertz CT molecular complexity index is 1300. The zero-order valence-electron chi connectivity index (χ0n) is 20.5. The minimum atomic E-state index is 0.546. The number of hydrogen-bond donors (Lipinski definition) is 0. The van der Waals surface area contributed by atoms with Crippen LogP contribution in [0.2, 0.25) is 0 Å². The van der Waals surface area contributed by atoms with Crippen LogP contribution in [0.5, 0.6) is 0 Å². The number of nitrogens with zero attached hydrogens (tertiary/aromatic N) is 8. The molecule has 1 aliphatic heterocycles. The molecule has 5 rings (SSSR count). The highest BCUT2D eigenvalue weighted by Crippen LogP contribution is 2.32. The van der Waals surface area contributed by atoms with Gasteiger partial charge in [-0.25, -0.2) is 19.9 Å². The van der Waals surface area contributed by atoms with Crippen molar-refractivity contribution in [1.29, 1.82) is 0 Å². The molecule has 0 saturated heterocycles. The molecule has 0 amide bonds. The van der Waals surface area contributed by atoms with E-state index in [1.54, 1.807) is 0 Å². The number of fused-ring (bicyclic) bond motifs is 8. The average Bonchev–Trinajstić information content (AvgIpc) is 2.93. The molecular formula is C28H28N8. The van der Waals surface area contributed by atoms with Gasteiger partial charge in [0.1, 0.15) is 46.5 Å². The fourth-order valence-corrected chi connectivity index (χ4v) is 4.10. The van der Waals surface area contributed by atoms with Crippen LogP contribution in [-0.4, -0.2) is 47.1 Å². The van der Waals surface area contributed by atoms with E-state index in [4.69, 9.17) is 19.9 Å². The van der Waals surface area contributed by atoms with Crippen molar-refractivity contribution in [2.45, 2.75) is 0 Å². The zero-order valence-corrected chi connectivity index (χ0v) is 20.5. The molecule has 8 bridgehead atoms. The average molecular weight is 477 g/mol. The van der Waals surface area contributed by atoms with Crippen molar-refractivity contribution >= 4 is 46.5 Å². The first kappa shape index (κ1) is 23.0. The lowest BCUT2D eigenvalue weighted by atomic mass is 10.3. The molecular weight excluding hydrogens is 448 g/mol. The van der Waals surface area contributed by atoms with Crippen molar-refractivity contribution < 1.29 is 0 Å². The van der Waals surface area contributed by atoms with Crippen molar-refractivity contribution in [3.8, 4) is 0 Å². The van der Waals surface area contributed by atoms with E-state index in [-0.39, 0.29) is 0 Å². The second-order valence-electron chi connectivity index (χ2n) is 8.33. The second kappa shape index (κ2) is 9.87. The van der Waals surface area contributed by atoms with E-state index < -0.39 is 0 Å². The molecule has 8 heteroatoms. The van der Waals surface area contributed by atoms with Crippen LogP contribution in [0.25, 0.3) is 0 Å². The molecule has 0 aromatic carbocycles. The molecule has 0 N–H and O–H groups in total. The molecule has 4 aromatic rings.